The molecule has 0 atom stereocenters. The van der Waals surface area contributed by atoms with Crippen LogP contribution in [0.25, 0.3) is 0 Å². The molecule has 1 heterocycles. The first-order valence-corrected chi connectivity index (χ1v) is 8.09. The van der Waals surface area contributed by atoms with Gasteiger partial charge in [-0.3, -0.25) is 4.98 Å². The van der Waals surface area contributed by atoms with Gasteiger partial charge in [0, 0.05) is 51.9 Å². The summed E-state index contributed by atoms with van der Waals surface area (Å²) in [6.07, 6.45) is 4.23. The Morgan fingerprint density at radius 2 is 1.96 bits per heavy atom. The minimum absolute atomic E-state index is 0.209. The Morgan fingerprint density at radius 1 is 1.25 bits per heavy atom. The summed E-state index contributed by atoms with van der Waals surface area (Å²) in [6, 6.07) is 11.2. The molecule has 1 aromatic heterocycles. The number of benzene rings is 1. The molecule has 24 heavy (non-hydrogen) atoms. The van der Waals surface area contributed by atoms with E-state index in [1.807, 2.05) is 49.5 Å². The first kappa shape index (κ1) is 17.6. The van der Waals surface area contributed by atoms with Crippen LogP contribution in [0.15, 0.2) is 64.2 Å². The van der Waals surface area contributed by atoms with Crippen LogP contribution in [-0.4, -0.2) is 23.8 Å². The van der Waals surface area contributed by atoms with Crippen molar-refractivity contribution < 1.29 is 4.79 Å². The Balaban J connectivity index is 1.88. The minimum atomic E-state index is -0.348. The monoisotopic (exact) mass is 341 g/mol. The van der Waals surface area contributed by atoms with E-state index in [0.717, 1.165) is 21.7 Å². The molecule has 2 aromatic rings. The highest BCUT2D eigenvalue weighted by Crippen LogP contribution is 2.27. The van der Waals surface area contributed by atoms with Crippen molar-refractivity contribution in [2.45, 2.75) is 16.7 Å². The van der Waals surface area contributed by atoms with Gasteiger partial charge in [-0.05, 0) is 43.3 Å². The van der Waals surface area contributed by atoms with E-state index in [2.05, 4.69) is 15.6 Å². The summed E-state index contributed by atoms with van der Waals surface area (Å²) in [7, 11) is 0. The minimum Gasteiger partial charge on any atom is -0.404 e. The summed E-state index contributed by atoms with van der Waals surface area (Å²) in [5.41, 5.74) is 7.52. The molecule has 5 N–H and O–H groups in total. The maximum absolute atomic E-state index is 11.8. The zero-order chi connectivity index (χ0) is 17.4. The standard InChI is InChI=1S/C17H19N5OS/c1-12-2-5-16(11-20-12)24-15-6-3-14(4-7-15)22-17(23)21-10-13(8-18)9-19/h2-9,11,18H,10,19H2,1H3,(H2,21,22,23)/b13-9+,18-8?. The van der Waals surface area contributed by atoms with E-state index in [9.17, 15) is 4.79 Å². The van der Waals surface area contributed by atoms with E-state index in [1.54, 1.807) is 11.8 Å². The summed E-state index contributed by atoms with van der Waals surface area (Å²) in [5.74, 6) is 0. The van der Waals surface area contributed by atoms with Crippen LogP contribution in [0.2, 0.25) is 0 Å². The molecule has 0 saturated heterocycles. The molecule has 0 saturated carbocycles. The number of aromatic nitrogens is 1. The van der Waals surface area contributed by atoms with Gasteiger partial charge in [-0.1, -0.05) is 11.8 Å². The van der Waals surface area contributed by atoms with Gasteiger partial charge in [-0.15, -0.1) is 0 Å². The topological polar surface area (TPSA) is 104 Å². The fourth-order valence-electron chi connectivity index (χ4n) is 1.77. The second-order valence-corrected chi connectivity index (χ2v) is 6.10. The molecule has 0 unspecified atom stereocenters. The van der Waals surface area contributed by atoms with Crippen molar-refractivity contribution in [2.24, 2.45) is 5.73 Å². The van der Waals surface area contributed by atoms with Gasteiger partial charge in [-0.25, -0.2) is 4.79 Å². The van der Waals surface area contributed by atoms with Gasteiger partial charge in [0.25, 0.3) is 0 Å². The normalized spacial score (nSPS) is 11.0. The van der Waals surface area contributed by atoms with E-state index in [1.165, 1.54) is 6.20 Å². The number of amides is 2. The number of carbonyl (C=O) groups is 1. The number of hydrogen-bond donors (Lipinski definition) is 4. The maximum atomic E-state index is 11.8. The van der Waals surface area contributed by atoms with Crippen LogP contribution in [0.5, 0.6) is 0 Å². The van der Waals surface area contributed by atoms with Crippen molar-refractivity contribution in [3.05, 3.63) is 60.1 Å². The van der Waals surface area contributed by atoms with Crippen LogP contribution in [0.3, 0.4) is 0 Å². The van der Waals surface area contributed by atoms with E-state index in [-0.39, 0.29) is 12.6 Å². The number of aryl methyl sites for hydroxylation is 1. The Morgan fingerprint density at radius 3 is 2.54 bits per heavy atom. The van der Waals surface area contributed by atoms with Crippen molar-refractivity contribution in [1.82, 2.24) is 10.3 Å². The van der Waals surface area contributed by atoms with Gasteiger partial charge < -0.3 is 21.8 Å². The summed E-state index contributed by atoms with van der Waals surface area (Å²) in [4.78, 5) is 18.2. The molecular weight excluding hydrogens is 322 g/mol. The molecule has 2 amide bonds. The van der Waals surface area contributed by atoms with Crippen molar-refractivity contribution in [3.63, 3.8) is 0 Å². The number of rotatable bonds is 6. The molecule has 0 radical (unpaired) electrons. The maximum Gasteiger partial charge on any atom is 0.319 e. The van der Waals surface area contributed by atoms with Gasteiger partial charge in [0.1, 0.15) is 0 Å². The molecule has 0 spiro atoms. The average molecular weight is 341 g/mol. The van der Waals surface area contributed by atoms with Gasteiger partial charge in [0.05, 0.1) is 0 Å². The van der Waals surface area contributed by atoms with E-state index < -0.39 is 0 Å². The number of carbonyl (C=O) groups excluding carboxylic acids is 1. The summed E-state index contributed by atoms with van der Waals surface area (Å²) in [6.45, 7) is 2.16. The number of nitrogens with two attached hydrogens (primary N) is 1. The van der Waals surface area contributed by atoms with Crippen molar-refractivity contribution in [1.29, 1.82) is 5.41 Å². The third-order valence-corrected chi connectivity index (χ3v) is 4.07. The molecule has 2 rings (SSSR count). The fourth-order valence-corrected chi connectivity index (χ4v) is 2.56. The van der Waals surface area contributed by atoms with Crippen LogP contribution < -0.4 is 16.4 Å². The third kappa shape index (κ3) is 5.44. The van der Waals surface area contributed by atoms with Gasteiger partial charge in [0.15, 0.2) is 0 Å². The highest BCUT2D eigenvalue weighted by Gasteiger charge is 2.03. The molecule has 1 aromatic carbocycles. The van der Waals surface area contributed by atoms with E-state index in [4.69, 9.17) is 11.1 Å². The fraction of sp³-hybridized carbons (Fsp3) is 0.118. The van der Waals surface area contributed by atoms with Gasteiger partial charge in [-0.2, -0.15) is 0 Å². The second-order valence-electron chi connectivity index (χ2n) is 4.96. The van der Waals surface area contributed by atoms with Gasteiger partial charge in [0.2, 0.25) is 0 Å². The predicted molar refractivity (Wildman–Crippen MR) is 97.6 cm³/mol. The summed E-state index contributed by atoms with van der Waals surface area (Å²) >= 11 is 1.61. The second kappa shape index (κ2) is 8.73. The Bertz CT molecular complexity index is 726. The smallest absolute Gasteiger partial charge is 0.319 e. The van der Waals surface area contributed by atoms with Crippen LogP contribution in [0.1, 0.15) is 5.69 Å². The molecule has 124 valence electrons. The Labute approximate surface area is 145 Å². The SMILES string of the molecule is Cc1ccc(Sc2ccc(NC(=O)NC/C(C=N)=C/N)cc2)cn1. The summed E-state index contributed by atoms with van der Waals surface area (Å²) in [5, 5.41) is 12.5. The molecule has 0 aliphatic carbocycles. The quantitative estimate of drug-likeness (QED) is 0.606. The van der Waals surface area contributed by atoms with E-state index in [0.29, 0.717) is 11.3 Å². The molecule has 0 aliphatic heterocycles. The number of urea groups is 1. The van der Waals surface area contributed by atoms with Crippen LogP contribution in [0, 0.1) is 12.3 Å². The lowest BCUT2D eigenvalue weighted by Gasteiger charge is -2.08. The zero-order valence-electron chi connectivity index (χ0n) is 13.2. The zero-order valence-corrected chi connectivity index (χ0v) is 14.1. The van der Waals surface area contributed by atoms with E-state index >= 15 is 0 Å². The number of pyridine rings is 1. The van der Waals surface area contributed by atoms with Gasteiger partial charge >= 0.3 is 6.03 Å². The van der Waals surface area contributed by atoms with Crippen molar-refractivity contribution >= 4 is 29.7 Å². The van der Waals surface area contributed by atoms with Crippen molar-refractivity contribution in [2.75, 3.05) is 11.9 Å². The average Bonchev–Trinajstić information content (AvgIpc) is 2.59. The predicted octanol–water partition coefficient (Wildman–Crippen LogP) is 3.15. The molecule has 0 aliphatic rings. The number of anilines is 1. The number of nitrogens with one attached hydrogen (secondary N) is 3. The van der Waals surface area contributed by atoms with Crippen molar-refractivity contribution in [3.8, 4) is 0 Å². The largest absolute Gasteiger partial charge is 0.404 e. The number of nitrogens with zero attached hydrogens (tertiary/aromatic N) is 1. The molecular formula is C17H19N5OS. The molecule has 6 nitrogen and oxygen atoms in total. The third-order valence-electron chi connectivity index (χ3n) is 3.08. The first-order valence-electron chi connectivity index (χ1n) is 7.27. The Hall–Kier alpha value is -2.80. The molecule has 0 fully saturated rings. The lowest BCUT2D eigenvalue weighted by atomic mass is 10.3. The van der Waals surface area contributed by atoms with Crippen LogP contribution in [-0.2, 0) is 0 Å². The number of hydrogen-bond acceptors (Lipinski definition) is 5. The highest BCUT2D eigenvalue weighted by molar-refractivity contribution is 7.99. The lowest BCUT2D eigenvalue weighted by molar-refractivity contribution is 0.253. The Kier molecular flexibility index (Phi) is 6.39. The lowest BCUT2D eigenvalue weighted by Crippen LogP contribution is -2.30. The molecule has 0 bridgehead atoms. The summed E-state index contributed by atoms with van der Waals surface area (Å²) < 4.78 is 0. The van der Waals surface area contributed by atoms with Crippen LogP contribution in [0.4, 0.5) is 10.5 Å². The van der Waals surface area contributed by atoms with Crippen LogP contribution >= 0.6 is 11.8 Å². The highest BCUT2D eigenvalue weighted by atomic mass is 32.2. The molecule has 7 heteroatoms. The first-order chi connectivity index (χ1) is 11.6.